The van der Waals surface area contributed by atoms with Crippen LogP contribution in [0.4, 0.5) is 0 Å². The molecule has 51 valence electrons. The molecule has 0 aromatic rings. The summed E-state index contributed by atoms with van der Waals surface area (Å²) in [5, 5.41) is 3.00. The van der Waals surface area contributed by atoms with Crippen molar-refractivity contribution in [3.63, 3.8) is 0 Å². The van der Waals surface area contributed by atoms with Crippen molar-refractivity contribution in [1.29, 1.82) is 0 Å². The van der Waals surface area contributed by atoms with Crippen molar-refractivity contribution in [1.82, 2.24) is 10.2 Å². The SMILES string of the molecule is [CH2]N1CCCNCC1=O. The van der Waals surface area contributed by atoms with Crippen LogP contribution in [-0.4, -0.2) is 30.4 Å². The summed E-state index contributed by atoms with van der Waals surface area (Å²) in [6, 6.07) is 0. The van der Waals surface area contributed by atoms with Crippen LogP contribution in [0.25, 0.3) is 0 Å². The Labute approximate surface area is 55.0 Å². The standard InChI is InChI=1S/C6H11N2O/c1-8-4-2-3-7-5-6(8)9/h7H,1-5H2. The lowest BCUT2D eigenvalue weighted by molar-refractivity contribution is -0.127. The highest BCUT2D eigenvalue weighted by Gasteiger charge is 2.10. The molecule has 0 spiro atoms. The molecular weight excluding hydrogens is 116 g/mol. The minimum absolute atomic E-state index is 0.0903. The Balaban J connectivity index is 2.41. The summed E-state index contributed by atoms with van der Waals surface area (Å²) >= 11 is 0. The van der Waals surface area contributed by atoms with Crippen LogP contribution in [0.15, 0.2) is 0 Å². The molecule has 1 aliphatic heterocycles. The van der Waals surface area contributed by atoms with Crippen molar-refractivity contribution in [2.45, 2.75) is 6.42 Å². The topological polar surface area (TPSA) is 32.3 Å². The molecule has 1 aliphatic rings. The molecule has 0 atom stereocenters. The predicted octanol–water partition coefficient (Wildman–Crippen LogP) is -0.400. The second kappa shape index (κ2) is 2.82. The van der Waals surface area contributed by atoms with Gasteiger partial charge in [0.25, 0.3) is 0 Å². The van der Waals surface area contributed by atoms with Gasteiger partial charge in [-0.15, -0.1) is 0 Å². The monoisotopic (exact) mass is 127 g/mol. The smallest absolute Gasteiger partial charge is 0.236 e. The van der Waals surface area contributed by atoms with Gasteiger partial charge in [0.15, 0.2) is 0 Å². The van der Waals surface area contributed by atoms with E-state index in [4.69, 9.17) is 0 Å². The van der Waals surface area contributed by atoms with Gasteiger partial charge in [0.05, 0.1) is 6.54 Å². The maximum Gasteiger partial charge on any atom is 0.236 e. The lowest BCUT2D eigenvalue weighted by Crippen LogP contribution is -2.29. The van der Waals surface area contributed by atoms with Crippen LogP contribution in [0.5, 0.6) is 0 Å². The number of carbonyl (C=O) groups excluding carboxylic acids is 1. The van der Waals surface area contributed by atoms with Crippen molar-refractivity contribution in [3.05, 3.63) is 7.05 Å². The van der Waals surface area contributed by atoms with Gasteiger partial charge >= 0.3 is 0 Å². The number of rotatable bonds is 0. The highest BCUT2D eigenvalue weighted by molar-refractivity contribution is 5.78. The van der Waals surface area contributed by atoms with E-state index in [1.807, 2.05) is 0 Å². The Kier molecular flexibility index (Phi) is 2.05. The van der Waals surface area contributed by atoms with E-state index in [9.17, 15) is 4.79 Å². The van der Waals surface area contributed by atoms with E-state index in [1.54, 1.807) is 0 Å². The third-order valence-electron chi connectivity index (χ3n) is 1.41. The summed E-state index contributed by atoms with van der Waals surface area (Å²) in [7, 11) is 3.58. The molecule has 0 aromatic heterocycles. The van der Waals surface area contributed by atoms with Crippen molar-refractivity contribution in [3.8, 4) is 0 Å². The molecule has 0 bridgehead atoms. The summed E-state index contributed by atoms with van der Waals surface area (Å²) in [5.74, 6) is 0.0903. The van der Waals surface area contributed by atoms with Crippen LogP contribution in [0.1, 0.15) is 6.42 Å². The maximum atomic E-state index is 10.8. The van der Waals surface area contributed by atoms with Gasteiger partial charge in [0.2, 0.25) is 5.91 Å². The van der Waals surface area contributed by atoms with Gasteiger partial charge in [-0.2, -0.15) is 0 Å². The molecule has 9 heavy (non-hydrogen) atoms. The molecule has 0 aliphatic carbocycles. The zero-order valence-electron chi connectivity index (χ0n) is 5.39. The van der Waals surface area contributed by atoms with Crippen LogP contribution in [0, 0.1) is 7.05 Å². The predicted molar refractivity (Wildman–Crippen MR) is 34.6 cm³/mol. The van der Waals surface area contributed by atoms with Gasteiger partial charge in [-0.3, -0.25) is 4.79 Å². The average Bonchev–Trinajstić information content (AvgIpc) is 1.99. The zero-order valence-corrected chi connectivity index (χ0v) is 5.39. The molecule has 1 rings (SSSR count). The summed E-state index contributed by atoms with van der Waals surface area (Å²) in [5.41, 5.74) is 0. The first-order valence-corrected chi connectivity index (χ1v) is 3.12. The van der Waals surface area contributed by atoms with E-state index >= 15 is 0 Å². The average molecular weight is 127 g/mol. The summed E-state index contributed by atoms with van der Waals surface area (Å²) in [6.45, 7) is 2.16. The van der Waals surface area contributed by atoms with Gasteiger partial charge in [-0.05, 0) is 13.0 Å². The van der Waals surface area contributed by atoms with Crippen LogP contribution >= 0.6 is 0 Å². The van der Waals surface area contributed by atoms with Crippen LogP contribution in [-0.2, 0) is 4.79 Å². The van der Waals surface area contributed by atoms with Crippen molar-refractivity contribution in [2.75, 3.05) is 19.6 Å². The van der Waals surface area contributed by atoms with Crippen LogP contribution < -0.4 is 5.32 Å². The first kappa shape index (κ1) is 6.55. The quantitative estimate of drug-likeness (QED) is 0.480. The van der Waals surface area contributed by atoms with Gasteiger partial charge < -0.3 is 10.2 Å². The minimum Gasteiger partial charge on any atom is -0.340 e. The number of nitrogens with zero attached hydrogens (tertiary/aromatic N) is 1. The fourth-order valence-electron chi connectivity index (χ4n) is 0.827. The molecule has 1 radical (unpaired) electrons. The molecule has 1 N–H and O–H groups in total. The molecule has 0 unspecified atom stereocenters. The Hall–Kier alpha value is -0.570. The summed E-state index contributed by atoms with van der Waals surface area (Å²) in [4.78, 5) is 12.3. The fourth-order valence-corrected chi connectivity index (χ4v) is 0.827. The Morgan fingerprint density at radius 3 is 3.22 bits per heavy atom. The molecule has 0 aromatic carbocycles. The lowest BCUT2D eigenvalue weighted by Gasteiger charge is -2.10. The highest BCUT2D eigenvalue weighted by atomic mass is 16.2. The van der Waals surface area contributed by atoms with E-state index in [2.05, 4.69) is 12.4 Å². The molecule has 3 heteroatoms. The lowest BCUT2D eigenvalue weighted by atomic mass is 10.4. The van der Waals surface area contributed by atoms with Gasteiger partial charge in [-0.1, -0.05) is 0 Å². The molecule has 1 amide bonds. The third-order valence-corrected chi connectivity index (χ3v) is 1.41. The van der Waals surface area contributed by atoms with Gasteiger partial charge in [0.1, 0.15) is 0 Å². The molecule has 1 heterocycles. The molecular formula is C6H11N2O. The molecule has 1 fully saturated rings. The molecule has 3 nitrogen and oxygen atoms in total. The van der Waals surface area contributed by atoms with Crippen molar-refractivity contribution in [2.24, 2.45) is 0 Å². The zero-order chi connectivity index (χ0) is 6.69. The van der Waals surface area contributed by atoms with Crippen LogP contribution in [0.2, 0.25) is 0 Å². The third kappa shape index (κ3) is 1.68. The van der Waals surface area contributed by atoms with E-state index in [0.717, 1.165) is 19.5 Å². The Morgan fingerprint density at radius 1 is 1.67 bits per heavy atom. The second-order valence-electron chi connectivity index (χ2n) is 2.19. The van der Waals surface area contributed by atoms with Crippen LogP contribution in [0.3, 0.4) is 0 Å². The van der Waals surface area contributed by atoms with E-state index < -0.39 is 0 Å². The fraction of sp³-hybridized carbons (Fsp3) is 0.667. The first-order chi connectivity index (χ1) is 4.30. The summed E-state index contributed by atoms with van der Waals surface area (Å²) < 4.78 is 0. The van der Waals surface area contributed by atoms with E-state index in [-0.39, 0.29) is 5.91 Å². The number of nitrogens with one attached hydrogen (secondary N) is 1. The second-order valence-corrected chi connectivity index (χ2v) is 2.19. The van der Waals surface area contributed by atoms with E-state index in [1.165, 1.54) is 4.90 Å². The Bertz CT molecular complexity index is 114. The number of amides is 1. The van der Waals surface area contributed by atoms with Gasteiger partial charge in [0, 0.05) is 13.6 Å². The number of hydrogen-bond donors (Lipinski definition) is 1. The summed E-state index contributed by atoms with van der Waals surface area (Å²) in [6.07, 6.45) is 1.01. The largest absolute Gasteiger partial charge is 0.340 e. The normalized spacial score (nSPS) is 21.9. The van der Waals surface area contributed by atoms with Crippen molar-refractivity contribution >= 4 is 5.91 Å². The van der Waals surface area contributed by atoms with Crippen molar-refractivity contribution < 1.29 is 4.79 Å². The number of carbonyl (C=O) groups is 1. The maximum absolute atomic E-state index is 10.8. The van der Waals surface area contributed by atoms with Gasteiger partial charge in [-0.25, -0.2) is 0 Å². The first-order valence-electron chi connectivity index (χ1n) is 3.12. The highest BCUT2D eigenvalue weighted by Crippen LogP contribution is 1.92. The number of hydrogen-bond acceptors (Lipinski definition) is 2. The molecule has 0 saturated carbocycles. The minimum atomic E-state index is 0.0903. The Morgan fingerprint density at radius 2 is 2.44 bits per heavy atom. The van der Waals surface area contributed by atoms with E-state index in [0.29, 0.717) is 6.54 Å². The molecule has 1 saturated heterocycles.